The number of aromatic nitrogens is 2. The molecule has 2 bridgehead atoms. The van der Waals surface area contributed by atoms with E-state index < -0.39 is 0 Å². The van der Waals surface area contributed by atoms with Crippen molar-refractivity contribution >= 4 is 17.2 Å². The Morgan fingerprint density at radius 1 is 1.23 bits per heavy atom. The highest BCUT2D eigenvalue weighted by molar-refractivity contribution is 6.69. The highest BCUT2D eigenvalue weighted by Gasteiger charge is 2.31. The number of Topliss-reactive ketones (excluding diaryl/α,β-unsaturated/α-hetero) is 1. The molecule has 2 aliphatic rings. The van der Waals surface area contributed by atoms with Crippen LogP contribution >= 0.6 is 0 Å². The molecule has 0 atom stereocenters. The van der Waals surface area contributed by atoms with Gasteiger partial charge in [-0.05, 0) is 24.1 Å². The van der Waals surface area contributed by atoms with E-state index in [0.29, 0.717) is 31.0 Å². The molecule has 0 aliphatic carbocycles. The number of aliphatic imine (C=N–C) groups is 1. The number of benzene rings is 1. The number of halogens is 1. The maximum atomic E-state index is 13.0. The molecule has 2 aliphatic heterocycles. The van der Waals surface area contributed by atoms with Crippen molar-refractivity contribution < 1.29 is 13.6 Å². The van der Waals surface area contributed by atoms with Crippen molar-refractivity contribution in [1.29, 1.82) is 0 Å². The summed E-state index contributed by atoms with van der Waals surface area (Å²) < 4.78 is 18.6. The normalized spacial score (nSPS) is 17.2. The van der Waals surface area contributed by atoms with E-state index in [2.05, 4.69) is 20.3 Å². The first-order valence-electron chi connectivity index (χ1n) is 8.27. The molecule has 0 unspecified atom stereocenters. The van der Waals surface area contributed by atoms with Crippen LogP contribution in [-0.2, 0) is 11.2 Å². The van der Waals surface area contributed by atoms with Gasteiger partial charge in [0.1, 0.15) is 5.82 Å². The van der Waals surface area contributed by atoms with Gasteiger partial charge in [0.25, 0.3) is 5.89 Å². The molecule has 0 radical (unpaired) electrons. The molecule has 26 heavy (non-hydrogen) atoms. The van der Waals surface area contributed by atoms with Crippen LogP contribution in [0.1, 0.15) is 30.2 Å². The number of rotatable bonds is 3. The smallest absolute Gasteiger partial charge is 0.272 e. The Balaban J connectivity index is 1.63. The molecular formula is C18H16FN5O2. The lowest BCUT2D eigenvalue weighted by Crippen LogP contribution is -2.24. The molecule has 0 fully saturated rings. The summed E-state index contributed by atoms with van der Waals surface area (Å²) in [6.07, 6.45) is 3.60. The van der Waals surface area contributed by atoms with E-state index in [9.17, 15) is 9.18 Å². The molecule has 0 spiro atoms. The van der Waals surface area contributed by atoms with Crippen molar-refractivity contribution in [3.05, 3.63) is 59.2 Å². The van der Waals surface area contributed by atoms with Crippen LogP contribution in [0, 0.1) is 5.82 Å². The lowest BCUT2D eigenvalue weighted by molar-refractivity contribution is -0.107. The number of hydrogen-bond donors (Lipinski definition) is 0. The fourth-order valence-corrected chi connectivity index (χ4v) is 2.86. The van der Waals surface area contributed by atoms with Crippen molar-refractivity contribution in [3.63, 3.8) is 0 Å². The SMILES string of the molecule is CN1N=C(c2nnc(Cc3ccc(F)cc3)o2)C(=O)C2=NCCC=C1C2. The summed E-state index contributed by atoms with van der Waals surface area (Å²) in [6.45, 7) is 0.575. The van der Waals surface area contributed by atoms with E-state index in [1.165, 1.54) is 12.1 Å². The third kappa shape index (κ3) is 3.17. The third-order valence-electron chi connectivity index (χ3n) is 4.24. The zero-order valence-corrected chi connectivity index (χ0v) is 14.1. The number of nitrogens with zero attached hydrogens (tertiary/aromatic N) is 5. The van der Waals surface area contributed by atoms with Gasteiger partial charge >= 0.3 is 0 Å². The van der Waals surface area contributed by atoms with Gasteiger partial charge in [0.05, 0.1) is 12.1 Å². The van der Waals surface area contributed by atoms with Crippen LogP contribution in [0.15, 0.2) is 50.5 Å². The van der Waals surface area contributed by atoms with Gasteiger partial charge in [-0.2, -0.15) is 5.10 Å². The summed E-state index contributed by atoms with van der Waals surface area (Å²) in [4.78, 5) is 17.1. The Labute approximate surface area is 148 Å². The molecule has 132 valence electrons. The highest BCUT2D eigenvalue weighted by atomic mass is 19.1. The molecule has 1 aromatic carbocycles. The molecule has 8 heteroatoms. The van der Waals surface area contributed by atoms with E-state index >= 15 is 0 Å². The van der Waals surface area contributed by atoms with Gasteiger partial charge in [-0.3, -0.25) is 14.8 Å². The van der Waals surface area contributed by atoms with Gasteiger partial charge in [-0.1, -0.05) is 18.2 Å². The number of allylic oxidation sites excluding steroid dienone is 1. The Bertz CT molecular complexity index is 943. The fraction of sp³-hybridized carbons (Fsp3) is 0.278. The lowest BCUT2D eigenvalue weighted by atomic mass is 10.1. The second-order valence-electron chi connectivity index (χ2n) is 6.09. The molecule has 7 nitrogen and oxygen atoms in total. The van der Waals surface area contributed by atoms with Gasteiger partial charge < -0.3 is 4.42 Å². The molecule has 0 saturated heterocycles. The lowest BCUT2D eigenvalue weighted by Gasteiger charge is -2.13. The molecular weight excluding hydrogens is 337 g/mol. The first-order valence-corrected chi connectivity index (χ1v) is 8.27. The number of carbonyl (C=O) groups excluding carboxylic acids is 1. The van der Waals surface area contributed by atoms with E-state index in [1.807, 2.05) is 6.08 Å². The minimum Gasteiger partial charge on any atom is -0.419 e. The van der Waals surface area contributed by atoms with Gasteiger partial charge in [-0.25, -0.2) is 4.39 Å². The maximum absolute atomic E-state index is 13.0. The van der Waals surface area contributed by atoms with Crippen molar-refractivity contribution in [2.45, 2.75) is 19.3 Å². The molecule has 0 amide bonds. The second kappa shape index (κ2) is 6.62. The van der Waals surface area contributed by atoms with Gasteiger partial charge in [0.15, 0.2) is 5.71 Å². The number of ketones is 1. The molecule has 0 saturated carbocycles. The minimum atomic E-state index is -0.307. The average Bonchev–Trinajstić information content (AvgIpc) is 2.89. The van der Waals surface area contributed by atoms with Crippen LogP contribution in [0.5, 0.6) is 0 Å². The number of hydrogen-bond acceptors (Lipinski definition) is 7. The minimum absolute atomic E-state index is 0.0634. The molecule has 3 heterocycles. The number of fused-ring (bicyclic) bond motifs is 2. The van der Waals surface area contributed by atoms with Crippen molar-refractivity contribution in [2.75, 3.05) is 13.6 Å². The van der Waals surface area contributed by atoms with E-state index in [0.717, 1.165) is 17.7 Å². The van der Waals surface area contributed by atoms with Crippen LogP contribution in [0.25, 0.3) is 0 Å². The van der Waals surface area contributed by atoms with Crippen LogP contribution in [-0.4, -0.2) is 46.0 Å². The summed E-state index contributed by atoms with van der Waals surface area (Å²) >= 11 is 0. The monoisotopic (exact) mass is 353 g/mol. The van der Waals surface area contributed by atoms with Crippen molar-refractivity contribution in [1.82, 2.24) is 15.2 Å². The summed E-state index contributed by atoms with van der Waals surface area (Å²) in [5.41, 5.74) is 2.30. The topological polar surface area (TPSA) is 84.0 Å². The number of hydrazone groups is 1. The van der Waals surface area contributed by atoms with Crippen LogP contribution in [0.3, 0.4) is 0 Å². The Kier molecular flexibility index (Phi) is 4.16. The molecule has 1 aromatic heterocycles. The predicted octanol–water partition coefficient (Wildman–Crippen LogP) is 2.14. The maximum Gasteiger partial charge on any atom is 0.272 e. The quantitative estimate of drug-likeness (QED) is 0.844. The summed E-state index contributed by atoms with van der Waals surface area (Å²) in [6, 6.07) is 6.04. The zero-order chi connectivity index (χ0) is 18.1. The van der Waals surface area contributed by atoms with Gasteiger partial charge in [0, 0.05) is 25.7 Å². The summed E-state index contributed by atoms with van der Waals surface area (Å²) in [5.74, 6) is -0.207. The van der Waals surface area contributed by atoms with Crippen LogP contribution in [0.2, 0.25) is 0 Å². The first kappa shape index (κ1) is 16.3. The molecule has 0 N–H and O–H groups in total. The van der Waals surface area contributed by atoms with E-state index in [4.69, 9.17) is 4.42 Å². The summed E-state index contributed by atoms with van der Waals surface area (Å²) in [7, 11) is 1.78. The standard InChI is InChI=1S/C18H16FN5O2/c1-24-13-3-2-8-20-14(10-13)17(25)16(23-24)18-22-21-15(26-18)9-11-4-6-12(19)7-5-11/h3-7H,2,8-10H2,1H3. The molecule has 2 aromatic rings. The van der Waals surface area contributed by atoms with E-state index in [1.54, 1.807) is 24.2 Å². The second-order valence-corrected chi connectivity index (χ2v) is 6.09. The first-order chi connectivity index (χ1) is 12.6. The average molecular weight is 353 g/mol. The van der Waals surface area contributed by atoms with Crippen LogP contribution in [0.4, 0.5) is 4.39 Å². The van der Waals surface area contributed by atoms with E-state index in [-0.39, 0.29) is 23.2 Å². The van der Waals surface area contributed by atoms with Crippen molar-refractivity contribution in [2.24, 2.45) is 10.1 Å². The molecule has 4 rings (SSSR count). The Hall–Kier alpha value is -3.16. The number of carbonyl (C=O) groups is 1. The Morgan fingerprint density at radius 2 is 2.04 bits per heavy atom. The Morgan fingerprint density at radius 3 is 2.85 bits per heavy atom. The van der Waals surface area contributed by atoms with Gasteiger partial charge in [-0.15, -0.1) is 10.2 Å². The zero-order valence-electron chi connectivity index (χ0n) is 14.1. The van der Waals surface area contributed by atoms with Crippen LogP contribution < -0.4 is 0 Å². The van der Waals surface area contributed by atoms with Gasteiger partial charge in [0.2, 0.25) is 11.7 Å². The van der Waals surface area contributed by atoms with Crippen molar-refractivity contribution in [3.8, 4) is 0 Å². The summed E-state index contributed by atoms with van der Waals surface area (Å²) in [5, 5.41) is 14.0. The predicted molar refractivity (Wildman–Crippen MR) is 92.4 cm³/mol. The largest absolute Gasteiger partial charge is 0.419 e. The third-order valence-corrected chi connectivity index (χ3v) is 4.24. The highest BCUT2D eigenvalue weighted by Crippen LogP contribution is 2.20. The fourth-order valence-electron chi connectivity index (χ4n) is 2.86.